The van der Waals surface area contributed by atoms with Gasteiger partial charge < -0.3 is 9.30 Å². The van der Waals surface area contributed by atoms with Crippen molar-refractivity contribution in [1.82, 2.24) is 4.57 Å². The van der Waals surface area contributed by atoms with Gasteiger partial charge in [-0.05, 0) is 31.7 Å². The second-order valence-electron chi connectivity index (χ2n) is 4.69. The molecule has 2 rings (SSSR count). The van der Waals surface area contributed by atoms with Crippen LogP contribution in [0.25, 0.3) is 0 Å². The molecule has 0 aromatic carbocycles. The summed E-state index contributed by atoms with van der Waals surface area (Å²) in [5.74, 6) is 0.225. The summed E-state index contributed by atoms with van der Waals surface area (Å²) in [7, 11) is 0. The van der Waals surface area contributed by atoms with E-state index in [-0.39, 0.29) is 5.78 Å². The maximum absolute atomic E-state index is 11.5. The Bertz CT molecular complexity index is 364. The lowest BCUT2D eigenvalue weighted by Crippen LogP contribution is -2.06. The van der Waals surface area contributed by atoms with Gasteiger partial charge in [0, 0.05) is 37.5 Å². The van der Waals surface area contributed by atoms with Crippen molar-refractivity contribution >= 4 is 5.78 Å². The van der Waals surface area contributed by atoms with Gasteiger partial charge in [0.15, 0.2) is 5.78 Å². The van der Waals surface area contributed by atoms with Gasteiger partial charge in [-0.3, -0.25) is 4.79 Å². The largest absolute Gasteiger partial charge is 0.378 e. The van der Waals surface area contributed by atoms with Gasteiger partial charge in [0.25, 0.3) is 0 Å². The Morgan fingerprint density at radius 1 is 1.59 bits per heavy atom. The third-order valence-corrected chi connectivity index (χ3v) is 3.36. The second kappa shape index (κ2) is 6.01. The van der Waals surface area contributed by atoms with E-state index in [0.29, 0.717) is 12.5 Å². The van der Waals surface area contributed by atoms with Crippen LogP contribution < -0.4 is 0 Å². The fourth-order valence-corrected chi connectivity index (χ4v) is 2.32. The van der Waals surface area contributed by atoms with E-state index >= 15 is 0 Å². The number of hydrogen-bond donors (Lipinski definition) is 0. The van der Waals surface area contributed by atoms with Gasteiger partial charge in [0.05, 0.1) is 6.10 Å². The topological polar surface area (TPSA) is 31.2 Å². The molecular formula is C14H21NO2. The normalized spacial score (nSPS) is 19.7. The van der Waals surface area contributed by atoms with Crippen molar-refractivity contribution < 1.29 is 9.53 Å². The molecule has 0 aliphatic carbocycles. The van der Waals surface area contributed by atoms with Crippen LogP contribution in [0.2, 0.25) is 0 Å². The smallest absolute Gasteiger partial charge is 0.164 e. The van der Waals surface area contributed by atoms with Crippen LogP contribution in [-0.2, 0) is 11.3 Å². The summed E-state index contributed by atoms with van der Waals surface area (Å²) in [4.78, 5) is 11.5. The Kier molecular flexibility index (Phi) is 4.37. The van der Waals surface area contributed by atoms with E-state index in [1.807, 2.05) is 25.4 Å². The Morgan fingerprint density at radius 3 is 3.18 bits per heavy atom. The number of carbonyl (C=O) groups excluding carboxylic acids is 1. The van der Waals surface area contributed by atoms with Crippen molar-refractivity contribution in [2.24, 2.45) is 0 Å². The molecule has 0 bridgehead atoms. The summed E-state index contributed by atoms with van der Waals surface area (Å²) < 4.78 is 7.70. The van der Waals surface area contributed by atoms with E-state index in [1.54, 1.807) is 0 Å². The maximum atomic E-state index is 11.5. The molecule has 1 aromatic heterocycles. The zero-order valence-electron chi connectivity index (χ0n) is 10.5. The van der Waals surface area contributed by atoms with Crippen molar-refractivity contribution in [2.45, 2.75) is 51.7 Å². The predicted octanol–water partition coefficient (Wildman–Crippen LogP) is 3.04. The number of carbonyl (C=O) groups is 1. The zero-order valence-corrected chi connectivity index (χ0v) is 10.5. The van der Waals surface area contributed by atoms with Crippen LogP contribution in [0.5, 0.6) is 0 Å². The average molecular weight is 235 g/mol. The Hall–Kier alpha value is -1.09. The fraction of sp³-hybridized carbons (Fsp3) is 0.643. The molecule has 1 unspecified atom stereocenters. The maximum Gasteiger partial charge on any atom is 0.164 e. The van der Waals surface area contributed by atoms with Crippen LogP contribution in [0, 0.1) is 0 Å². The van der Waals surface area contributed by atoms with Crippen LogP contribution >= 0.6 is 0 Å². The van der Waals surface area contributed by atoms with Gasteiger partial charge in [-0.2, -0.15) is 0 Å². The SMILES string of the molecule is CCC(=O)c1ccn(CCCC2CCCO2)c1. The first kappa shape index (κ1) is 12.4. The molecule has 0 amide bonds. The number of ether oxygens (including phenoxy) is 1. The quantitative estimate of drug-likeness (QED) is 0.710. The molecule has 3 nitrogen and oxygen atoms in total. The molecule has 2 heterocycles. The third kappa shape index (κ3) is 3.43. The Balaban J connectivity index is 1.74. The molecule has 17 heavy (non-hydrogen) atoms. The highest BCUT2D eigenvalue weighted by Gasteiger charge is 2.14. The Morgan fingerprint density at radius 2 is 2.47 bits per heavy atom. The summed E-state index contributed by atoms with van der Waals surface area (Å²) in [5, 5.41) is 0. The van der Waals surface area contributed by atoms with Crippen LogP contribution in [0.4, 0.5) is 0 Å². The van der Waals surface area contributed by atoms with Crippen molar-refractivity contribution in [2.75, 3.05) is 6.61 Å². The molecule has 0 saturated carbocycles. The van der Waals surface area contributed by atoms with Gasteiger partial charge in [-0.25, -0.2) is 0 Å². The molecule has 0 spiro atoms. The lowest BCUT2D eigenvalue weighted by Gasteiger charge is -2.09. The first-order chi connectivity index (χ1) is 8.29. The van der Waals surface area contributed by atoms with E-state index in [4.69, 9.17) is 4.74 Å². The molecule has 1 aliphatic rings. The van der Waals surface area contributed by atoms with Crippen LogP contribution in [-0.4, -0.2) is 23.1 Å². The minimum atomic E-state index is 0.225. The number of aromatic nitrogens is 1. The van der Waals surface area contributed by atoms with Gasteiger partial charge in [0.2, 0.25) is 0 Å². The molecular weight excluding hydrogens is 214 g/mol. The lowest BCUT2D eigenvalue weighted by atomic mass is 10.1. The molecule has 94 valence electrons. The van der Waals surface area contributed by atoms with Gasteiger partial charge in [-0.1, -0.05) is 6.92 Å². The minimum absolute atomic E-state index is 0.225. The van der Waals surface area contributed by atoms with E-state index in [1.165, 1.54) is 12.8 Å². The molecule has 1 aliphatic heterocycles. The van der Waals surface area contributed by atoms with E-state index in [0.717, 1.165) is 31.6 Å². The minimum Gasteiger partial charge on any atom is -0.378 e. The highest BCUT2D eigenvalue weighted by atomic mass is 16.5. The molecule has 1 saturated heterocycles. The zero-order chi connectivity index (χ0) is 12.1. The first-order valence-electron chi connectivity index (χ1n) is 6.60. The first-order valence-corrected chi connectivity index (χ1v) is 6.60. The molecule has 0 N–H and O–H groups in total. The summed E-state index contributed by atoms with van der Waals surface area (Å²) in [6.07, 6.45) is 9.70. The van der Waals surface area contributed by atoms with Crippen LogP contribution in [0.3, 0.4) is 0 Å². The molecule has 0 radical (unpaired) electrons. The number of nitrogens with zero attached hydrogens (tertiary/aromatic N) is 1. The fourth-order valence-electron chi connectivity index (χ4n) is 2.32. The number of rotatable bonds is 6. The van der Waals surface area contributed by atoms with Crippen molar-refractivity contribution in [1.29, 1.82) is 0 Å². The van der Waals surface area contributed by atoms with E-state index in [2.05, 4.69) is 4.57 Å². The van der Waals surface area contributed by atoms with Crippen molar-refractivity contribution in [3.05, 3.63) is 24.0 Å². The van der Waals surface area contributed by atoms with Gasteiger partial charge in [0.1, 0.15) is 0 Å². The highest BCUT2D eigenvalue weighted by Crippen LogP contribution is 2.17. The van der Waals surface area contributed by atoms with Crippen LogP contribution in [0.1, 0.15) is 49.4 Å². The van der Waals surface area contributed by atoms with Crippen LogP contribution in [0.15, 0.2) is 18.5 Å². The summed E-state index contributed by atoms with van der Waals surface area (Å²) in [5.41, 5.74) is 0.838. The van der Waals surface area contributed by atoms with Gasteiger partial charge in [-0.15, -0.1) is 0 Å². The van der Waals surface area contributed by atoms with E-state index in [9.17, 15) is 4.79 Å². The monoisotopic (exact) mass is 235 g/mol. The van der Waals surface area contributed by atoms with Crippen molar-refractivity contribution in [3.63, 3.8) is 0 Å². The summed E-state index contributed by atoms with van der Waals surface area (Å²) >= 11 is 0. The number of Topliss-reactive ketones (excluding diaryl/α,β-unsaturated/α-hetero) is 1. The second-order valence-corrected chi connectivity index (χ2v) is 4.69. The standard InChI is InChI=1S/C14H21NO2/c1-2-14(16)12-7-9-15(11-12)8-3-5-13-6-4-10-17-13/h7,9,11,13H,2-6,8,10H2,1H3. The van der Waals surface area contributed by atoms with E-state index < -0.39 is 0 Å². The summed E-state index contributed by atoms with van der Waals surface area (Å²) in [6.45, 7) is 3.82. The number of aryl methyl sites for hydroxylation is 1. The number of ketones is 1. The molecule has 1 aromatic rings. The molecule has 1 atom stereocenters. The van der Waals surface area contributed by atoms with Crippen molar-refractivity contribution in [3.8, 4) is 0 Å². The molecule has 3 heteroatoms. The van der Waals surface area contributed by atoms with Gasteiger partial charge >= 0.3 is 0 Å². The third-order valence-electron chi connectivity index (χ3n) is 3.36. The highest BCUT2D eigenvalue weighted by molar-refractivity contribution is 5.95. The average Bonchev–Trinajstić information content (AvgIpc) is 2.99. The predicted molar refractivity (Wildman–Crippen MR) is 67.3 cm³/mol. The molecule has 1 fully saturated rings. The lowest BCUT2D eigenvalue weighted by molar-refractivity contribution is 0.0986. The summed E-state index contributed by atoms with van der Waals surface area (Å²) in [6, 6.07) is 1.91. The number of hydrogen-bond acceptors (Lipinski definition) is 2. The Labute approximate surface area is 103 Å².